The number of phenolic OH excluding ortho intramolecular Hbond substituents is 1. The van der Waals surface area contributed by atoms with Gasteiger partial charge in [0.25, 0.3) is 0 Å². The van der Waals surface area contributed by atoms with Gasteiger partial charge in [0.15, 0.2) is 0 Å². The standard InChI is InChI=1S/C21H22N2O3/c24-19-8-4-7-18(15-19)22-21(26)17-11-13-23(14-12-17)20(25)10-9-16-5-2-1-3-6-16/h1-10,15,17,24H,11-14H2,(H,22,26)/b10-9+. The first-order valence-corrected chi connectivity index (χ1v) is 8.74. The lowest BCUT2D eigenvalue weighted by atomic mass is 9.95. The predicted molar refractivity (Wildman–Crippen MR) is 102 cm³/mol. The van der Waals surface area contributed by atoms with Crippen LogP contribution in [0, 0.1) is 5.92 Å². The van der Waals surface area contributed by atoms with Crippen LogP contribution in [-0.2, 0) is 9.59 Å². The number of anilines is 1. The molecule has 3 rings (SSSR count). The van der Waals surface area contributed by atoms with Crippen LogP contribution in [0.5, 0.6) is 5.75 Å². The van der Waals surface area contributed by atoms with Gasteiger partial charge in [-0.3, -0.25) is 9.59 Å². The number of carbonyl (C=O) groups is 2. The Bertz CT molecular complexity index is 794. The van der Waals surface area contributed by atoms with Gasteiger partial charge in [-0.1, -0.05) is 36.4 Å². The topological polar surface area (TPSA) is 69.6 Å². The molecule has 134 valence electrons. The summed E-state index contributed by atoms with van der Waals surface area (Å²) >= 11 is 0. The minimum atomic E-state index is -0.125. The molecule has 0 saturated carbocycles. The smallest absolute Gasteiger partial charge is 0.246 e. The van der Waals surface area contributed by atoms with Gasteiger partial charge in [-0.05, 0) is 36.6 Å². The molecular formula is C21H22N2O3. The van der Waals surface area contributed by atoms with Gasteiger partial charge in [-0.15, -0.1) is 0 Å². The van der Waals surface area contributed by atoms with E-state index < -0.39 is 0 Å². The van der Waals surface area contributed by atoms with E-state index in [1.165, 1.54) is 6.07 Å². The molecule has 0 aromatic heterocycles. The van der Waals surface area contributed by atoms with E-state index in [2.05, 4.69) is 5.32 Å². The zero-order valence-electron chi connectivity index (χ0n) is 14.5. The minimum Gasteiger partial charge on any atom is -0.508 e. The van der Waals surface area contributed by atoms with Gasteiger partial charge in [0.05, 0.1) is 0 Å². The van der Waals surface area contributed by atoms with Gasteiger partial charge in [-0.25, -0.2) is 0 Å². The summed E-state index contributed by atoms with van der Waals surface area (Å²) in [5.41, 5.74) is 1.57. The van der Waals surface area contributed by atoms with Crippen molar-refractivity contribution >= 4 is 23.6 Å². The Balaban J connectivity index is 1.49. The number of nitrogens with one attached hydrogen (secondary N) is 1. The number of amides is 2. The third kappa shape index (κ3) is 4.72. The van der Waals surface area contributed by atoms with Gasteiger partial charge < -0.3 is 15.3 Å². The number of benzene rings is 2. The first kappa shape index (κ1) is 17.7. The molecule has 0 aliphatic carbocycles. The highest BCUT2D eigenvalue weighted by molar-refractivity contribution is 5.94. The van der Waals surface area contributed by atoms with Crippen LogP contribution in [0.2, 0.25) is 0 Å². The van der Waals surface area contributed by atoms with E-state index in [1.807, 2.05) is 36.4 Å². The molecule has 5 heteroatoms. The van der Waals surface area contributed by atoms with E-state index in [9.17, 15) is 14.7 Å². The van der Waals surface area contributed by atoms with E-state index in [1.54, 1.807) is 29.2 Å². The fourth-order valence-corrected chi connectivity index (χ4v) is 3.03. The first-order chi connectivity index (χ1) is 12.6. The predicted octanol–water partition coefficient (Wildman–Crippen LogP) is 3.28. The summed E-state index contributed by atoms with van der Waals surface area (Å²) in [6.07, 6.45) is 4.66. The second kappa shape index (κ2) is 8.34. The van der Waals surface area contributed by atoms with Gasteiger partial charge in [-0.2, -0.15) is 0 Å². The van der Waals surface area contributed by atoms with Crippen LogP contribution < -0.4 is 5.32 Å². The fourth-order valence-electron chi connectivity index (χ4n) is 3.03. The summed E-state index contributed by atoms with van der Waals surface area (Å²) in [6.45, 7) is 1.13. The van der Waals surface area contributed by atoms with E-state index in [-0.39, 0.29) is 23.5 Å². The SMILES string of the molecule is O=C(Nc1cccc(O)c1)C1CCN(C(=O)/C=C/c2ccccc2)CC1. The minimum absolute atomic E-state index is 0.0271. The van der Waals surface area contributed by atoms with Crippen molar-refractivity contribution in [2.45, 2.75) is 12.8 Å². The number of piperidine rings is 1. The molecule has 2 aromatic carbocycles. The molecule has 1 heterocycles. The molecule has 2 aromatic rings. The quantitative estimate of drug-likeness (QED) is 0.832. The molecule has 0 atom stereocenters. The number of likely N-dealkylation sites (tertiary alicyclic amines) is 1. The maximum atomic E-state index is 12.4. The Morgan fingerprint density at radius 1 is 1.04 bits per heavy atom. The van der Waals surface area contributed by atoms with Gasteiger partial charge in [0, 0.05) is 36.8 Å². The molecule has 0 radical (unpaired) electrons. The van der Waals surface area contributed by atoms with Crippen LogP contribution in [0.25, 0.3) is 6.08 Å². The summed E-state index contributed by atoms with van der Waals surface area (Å²) in [5.74, 6) is -0.101. The summed E-state index contributed by atoms with van der Waals surface area (Å²) in [7, 11) is 0. The third-order valence-corrected chi connectivity index (χ3v) is 4.51. The summed E-state index contributed by atoms with van der Waals surface area (Å²) in [5, 5.41) is 12.3. The number of nitrogens with zero attached hydrogens (tertiary/aromatic N) is 1. The summed E-state index contributed by atoms with van der Waals surface area (Å²) < 4.78 is 0. The van der Waals surface area contributed by atoms with Crippen molar-refractivity contribution in [3.8, 4) is 5.75 Å². The van der Waals surface area contributed by atoms with Crippen molar-refractivity contribution in [1.82, 2.24) is 4.90 Å². The zero-order valence-corrected chi connectivity index (χ0v) is 14.5. The van der Waals surface area contributed by atoms with Crippen molar-refractivity contribution in [1.29, 1.82) is 0 Å². The second-order valence-electron chi connectivity index (χ2n) is 6.38. The highest BCUT2D eigenvalue weighted by Gasteiger charge is 2.26. The van der Waals surface area contributed by atoms with Crippen molar-refractivity contribution in [2.75, 3.05) is 18.4 Å². The number of carbonyl (C=O) groups excluding carboxylic acids is 2. The summed E-state index contributed by atoms with van der Waals surface area (Å²) in [4.78, 5) is 26.4. The molecule has 1 fully saturated rings. The van der Waals surface area contributed by atoms with Crippen LogP contribution in [0.1, 0.15) is 18.4 Å². The number of aromatic hydroxyl groups is 1. The molecule has 2 N–H and O–H groups in total. The number of hydrogen-bond donors (Lipinski definition) is 2. The van der Waals surface area contributed by atoms with Crippen LogP contribution >= 0.6 is 0 Å². The second-order valence-corrected chi connectivity index (χ2v) is 6.38. The van der Waals surface area contributed by atoms with Crippen molar-refractivity contribution in [3.05, 3.63) is 66.2 Å². The number of hydrogen-bond acceptors (Lipinski definition) is 3. The highest BCUT2D eigenvalue weighted by atomic mass is 16.3. The van der Waals surface area contributed by atoms with Gasteiger partial charge in [0.2, 0.25) is 11.8 Å². The average Bonchev–Trinajstić information content (AvgIpc) is 2.67. The molecule has 1 saturated heterocycles. The van der Waals surface area contributed by atoms with E-state index in [4.69, 9.17) is 0 Å². The third-order valence-electron chi connectivity index (χ3n) is 4.51. The lowest BCUT2D eigenvalue weighted by molar-refractivity contribution is -0.130. The molecule has 26 heavy (non-hydrogen) atoms. The Morgan fingerprint density at radius 3 is 2.46 bits per heavy atom. The molecule has 1 aliphatic rings. The lowest BCUT2D eigenvalue weighted by Gasteiger charge is -2.30. The molecular weight excluding hydrogens is 328 g/mol. The van der Waals surface area contributed by atoms with Crippen LogP contribution in [-0.4, -0.2) is 34.9 Å². The fraction of sp³-hybridized carbons (Fsp3) is 0.238. The largest absolute Gasteiger partial charge is 0.508 e. The molecule has 0 spiro atoms. The molecule has 1 aliphatic heterocycles. The summed E-state index contributed by atoms with van der Waals surface area (Å²) in [6, 6.07) is 16.2. The average molecular weight is 350 g/mol. The van der Waals surface area contributed by atoms with Crippen LogP contribution in [0.15, 0.2) is 60.7 Å². The van der Waals surface area contributed by atoms with E-state index >= 15 is 0 Å². The molecule has 5 nitrogen and oxygen atoms in total. The zero-order chi connectivity index (χ0) is 18.4. The maximum absolute atomic E-state index is 12.4. The molecule has 0 unspecified atom stereocenters. The normalized spacial score (nSPS) is 15.2. The van der Waals surface area contributed by atoms with Gasteiger partial charge in [0.1, 0.15) is 5.75 Å². The number of rotatable bonds is 4. The lowest BCUT2D eigenvalue weighted by Crippen LogP contribution is -2.40. The van der Waals surface area contributed by atoms with Crippen molar-refractivity contribution < 1.29 is 14.7 Å². The Morgan fingerprint density at radius 2 is 1.77 bits per heavy atom. The first-order valence-electron chi connectivity index (χ1n) is 8.74. The van der Waals surface area contributed by atoms with Gasteiger partial charge >= 0.3 is 0 Å². The highest BCUT2D eigenvalue weighted by Crippen LogP contribution is 2.21. The Kier molecular flexibility index (Phi) is 5.69. The van der Waals surface area contributed by atoms with Crippen molar-refractivity contribution in [2.24, 2.45) is 5.92 Å². The van der Waals surface area contributed by atoms with Crippen LogP contribution in [0.4, 0.5) is 5.69 Å². The maximum Gasteiger partial charge on any atom is 0.246 e. The van der Waals surface area contributed by atoms with Crippen LogP contribution in [0.3, 0.4) is 0 Å². The Hall–Kier alpha value is -3.08. The van der Waals surface area contributed by atoms with E-state index in [0.29, 0.717) is 31.6 Å². The number of phenols is 1. The monoisotopic (exact) mass is 350 g/mol. The van der Waals surface area contributed by atoms with E-state index in [0.717, 1.165) is 5.56 Å². The molecule has 2 amide bonds. The van der Waals surface area contributed by atoms with Crippen molar-refractivity contribution in [3.63, 3.8) is 0 Å². The molecule has 0 bridgehead atoms. The Labute approximate surface area is 153 Å².